The molecule has 2 aliphatic rings. The maximum Gasteiger partial charge on any atom is 0.223 e. The molecule has 1 aliphatic carbocycles. The first-order valence-corrected chi connectivity index (χ1v) is 10.3. The number of amides is 2. The molecule has 0 aromatic carbocycles. The Balaban J connectivity index is 1.68. The summed E-state index contributed by atoms with van der Waals surface area (Å²) in [4.78, 5) is 29.0. The molecule has 5 nitrogen and oxygen atoms in total. The van der Waals surface area contributed by atoms with Crippen LogP contribution in [0.5, 0.6) is 0 Å². The van der Waals surface area contributed by atoms with Crippen LogP contribution >= 0.6 is 0 Å². The van der Waals surface area contributed by atoms with Crippen molar-refractivity contribution >= 4 is 11.8 Å². The maximum atomic E-state index is 12.5. The lowest BCUT2D eigenvalue weighted by molar-refractivity contribution is -0.134. The Morgan fingerprint density at radius 1 is 1.04 bits per heavy atom. The molecule has 1 atom stereocenters. The Bertz CT molecular complexity index is 419. The molecule has 1 N–H and O–H groups in total. The lowest BCUT2D eigenvalue weighted by Crippen LogP contribution is -2.38. The molecule has 144 valence electrons. The number of carbonyl (C=O) groups is 2. The molecular formula is C20H37N3O2. The lowest BCUT2D eigenvalue weighted by Gasteiger charge is -2.25. The summed E-state index contributed by atoms with van der Waals surface area (Å²) in [6.07, 6.45) is 10.4. The van der Waals surface area contributed by atoms with Gasteiger partial charge < -0.3 is 15.1 Å². The Kier molecular flexibility index (Phi) is 8.73. The fourth-order valence-corrected chi connectivity index (χ4v) is 4.17. The van der Waals surface area contributed by atoms with Gasteiger partial charge in [-0.15, -0.1) is 0 Å². The number of nitrogens with zero attached hydrogens (tertiary/aromatic N) is 2. The molecule has 1 aliphatic heterocycles. The largest absolute Gasteiger partial charge is 0.353 e. The highest BCUT2D eigenvalue weighted by atomic mass is 16.2. The zero-order valence-electron chi connectivity index (χ0n) is 16.3. The summed E-state index contributed by atoms with van der Waals surface area (Å²) in [5.41, 5.74) is 0. The second-order valence-corrected chi connectivity index (χ2v) is 7.96. The van der Waals surface area contributed by atoms with Gasteiger partial charge in [-0.25, -0.2) is 0 Å². The van der Waals surface area contributed by atoms with E-state index in [2.05, 4.69) is 17.3 Å². The summed E-state index contributed by atoms with van der Waals surface area (Å²) < 4.78 is 0. The smallest absolute Gasteiger partial charge is 0.223 e. The summed E-state index contributed by atoms with van der Waals surface area (Å²) in [6.45, 7) is 5.81. The van der Waals surface area contributed by atoms with Crippen LogP contribution in [0.4, 0.5) is 0 Å². The van der Waals surface area contributed by atoms with Crippen LogP contribution in [0.25, 0.3) is 0 Å². The first-order valence-electron chi connectivity index (χ1n) is 10.3. The highest BCUT2D eigenvalue weighted by Gasteiger charge is 2.24. The van der Waals surface area contributed by atoms with Crippen LogP contribution in [0.15, 0.2) is 0 Å². The number of carbonyl (C=O) groups excluding carboxylic acids is 2. The Labute approximate surface area is 153 Å². The molecule has 2 fully saturated rings. The van der Waals surface area contributed by atoms with Crippen molar-refractivity contribution in [1.29, 1.82) is 0 Å². The molecule has 1 saturated heterocycles. The van der Waals surface area contributed by atoms with Gasteiger partial charge in [-0.3, -0.25) is 9.59 Å². The number of hydrogen-bond acceptors (Lipinski definition) is 3. The monoisotopic (exact) mass is 351 g/mol. The van der Waals surface area contributed by atoms with E-state index in [4.69, 9.17) is 0 Å². The van der Waals surface area contributed by atoms with Gasteiger partial charge in [0.1, 0.15) is 0 Å². The van der Waals surface area contributed by atoms with Crippen molar-refractivity contribution in [2.75, 3.05) is 33.2 Å². The minimum atomic E-state index is 0.0515. The van der Waals surface area contributed by atoms with Crippen LogP contribution in [-0.4, -0.2) is 60.9 Å². The SMILES string of the molecule is CCN(C[C@H]1CCN(C)C1)C(=O)CCC(=O)NC1CCCCCCC1. The normalized spacial score (nSPS) is 23.0. The van der Waals surface area contributed by atoms with E-state index in [9.17, 15) is 9.59 Å². The van der Waals surface area contributed by atoms with E-state index < -0.39 is 0 Å². The van der Waals surface area contributed by atoms with Crippen LogP contribution in [0.3, 0.4) is 0 Å². The predicted molar refractivity (Wildman–Crippen MR) is 101 cm³/mol. The molecule has 0 radical (unpaired) electrons. The standard InChI is InChI=1S/C20H37N3O2/c1-3-23(16-17-13-14-22(2)15-17)20(25)12-11-19(24)21-18-9-7-5-4-6-8-10-18/h17-18H,3-16H2,1-2H3,(H,21,24)/t17-/m0/s1. The van der Waals surface area contributed by atoms with Crippen molar-refractivity contribution in [2.24, 2.45) is 5.92 Å². The van der Waals surface area contributed by atoms with Gasteiger partial charge in [-0.05, 0) is 45.7 Å². The van der Waals surface area contributed by atoms with E-state index >= 15 is 0 Å². The van der Waals surface area contributed by atoms with Crippen molar-refractivity contribution in [3.05, 3.63) is 0 Å². The van der Waals surface area contributed by atoms with Crippen molar-refractivity contribution in [3.8, 4) is 0 Å². The molecule has 0 aromatic heterocycles. The molecule has 5 heteroatoms. The molecule has 0 spiro atoms. The minimum Gasteiger partial charge on any atom is -0.353 e. The summed E-state index contributed by atoms with van der Waals surface area (Å²) in [5, 5.41) is 3.16. The van der Waals surface area contributed by atoms with E-state index in [0.29, 0.717) is 24.8 Å². The zero-order valence-corrected chi connectivity index (χ0v) is 16.3. The van der Waals surface area contributed by atoms with Crippen molar-refractivity contribution < 1.29 is 9.59 Å². The third kappa shape index (κ3) is 7.35. The van der Waals surface area contributed by atoms with Crippen LogP contribution in [-0.2, 0) is 9.59 Å². The zero-order chi connectivity index (χ0) is 18.1. The van der Waals surface area contributed by atoms with Crippen LogP contribution in [0.2, 0.25) is 0 Å². The van der Waals surface area contributed by atoms with Crippen molar-refractivity contribution in [2.45, 2.75) is 77.2 Å². The highest BCUT2D eigenvalue weighted by molar-refractivity contribution is 5.83. The van der Waals surface area contributed by atoms with Gasteiger partial charge >= 0.3 is 0 Å². The molecule has 25 heavy (non-hydrogen) atoms. The number of hydrogen-bond donors (Lipinski definition) is 1. The quantitative estimate of drug-likeness (QED) is 0.767. The highest BCUT2D eigenvalue weighted by Crippen LogP contribution is 2.18. The lowest BCUT2D eigenvalue weighted by atomic mass is 9.96. The second-order valence-electron chi connectivity index (χ2n) is 7.96. The number of nitrogens with one attached hydrogen (secondary N) is 1. The predicted octanol–water partition coefficient (Wildman–Crippen LogP) is 2.80. The Hall–Kier alpha value is -1.10. The Morgan fingerprint density at radius 3 is 2.32 bits per heavy atom. The van der Waals surface area contributed by atoms with E-state index in [0.717, 1.165) is 39.0 Å². The van der Waals surface area contributed by atoms with Crippen LogP contribution in [0, 0.1) is 5.92 Å². The minimum absolute atomic E-state index is 0.0515. The first kappa shape index (κ1) is 20.2. The number of rotatable bonds is 7. The second kappa shape index (κ2) is 10.8. The molecule has 1 saturated carbocycles. The van der Waals surface area contributed by atoms with Crippen molar-refractivity contribution in [3.63, 3.8) is 0 Å². The van der Waals surface area contributed by atoms with Gasteiger partial charge in [0.2, 0.25) is 11.8 Å². The summed E-state index contributed by atoms with van der Waals surface area (Å²) >= 11 is 0. The summed E-state index contributed by atoms with van der Waals surface area (Å²) in [7, 11) is 2.14. The molecule has 2 rings (SSSR count). The van der Waals surface area contributed by atoms with Gasteiger partial charge in [0.05, 0.1) is 0 Å². The topological polar surface area (TPSA) is 52.7 Å². The van der Waals surface area contributed by atoms with Gasteiger partial charge in [0, 0.05) is 38.5 Å². The van der Waals surface area contributed by atoms with Gasteiger partial charge in [-0.2, -0.15) is 0 Å². The van der Waals surface area contributed by atoms with Crippen LogP contribution < -0.4 is 5.32 Å². The first-order chi connectivity index (χ1) is 12.1. The van der Waals surface area contributed by atoms with Gasteiger partial charge in [0.25, 0.3) is 0 Å². The molecule has 0 aromatic rings. The van der Waals surface area contributed by atoms with E-state index in [1.165, 1.54) is 38.5 Å². The molecule has 2 amide bonds. The van der Waals surface area contributed by atoms with E-state index in [1.54, 1.807) is 0 Å². The summed E-state index contributed by atoms with van der Waals surface area (Å²) in [5.74, 6) is 0.762. The fourth-order valence-electron chi connectivity index (χ4n) is 4.17. The average molecular weight is 352 g/mol. The average Bonchev–Trinajstić information content (AvgIpc) is 2.98. The fraction of sp³-hybridized carbons (Fsp3) is 0.900. The molecule has 0 bridgehead atoms. The third-order valence-electron chi connectivity index (χ3n) is 5.74. The molecular weight excluding hydrogens is 314 g/mol. The summed E-state index contributed by atoms with van der Waals surface area (Å²) in [6, 6.07) is 0.319. The van der Waals surface area contributed by atoms with Gasteiger partial charge in [0.15, 0.2) is 0 Å². The van der Waals surface area contributed by atoms with Crippen LogP contribution in [0.1, 0.15) is 71.1 Å². The Morgan fingerprint density at radius 2 is 1.72 bits per heavy atom. The van der Waals surface area contributed by atoms with E-state index in [-0.39, 0.29) is 11.8 Å². The van der Waals surface area contributed by atoms with E-state index in [1.807, 2.05) is 11.8 Å². The third-order valence-corrected chi connectivity index (χ3v) is 5.74. The van der Waals surface area contributed by atoms with Gasteiger partial charge in [-0.1, -0.05) is 32.1 Å². The molecule has 1 heterocycles. The number of likely N-dealkylation sites (tertiary alicyclic amines) is 1. The van der Waals surface area contributed by atoms with Crippen molar-refractivity contribution in [1.82, 2.24) is 15.1 Å². The molecule has 0 unspecified atom stereocenters. The maximum absolute atomic E-state index is 12.5.